The number of rotatable bonds is 8. The number of esters is 1. The molecular formula is C30H35F5O2. The second-order valence-electron chi connectivity index (χ2n) is 10.9. The van der Waals surface area contributed by atoms with Gasteiger partial charge in [0.1, 0.15) is 22.9 Å². The Morgan fingerprint density at radius 3 is 1.70 bits per heavy atom. The van der Waals surface area contributed by atoms with Crippen LogP contribution < -0.4 is 4.74 Å². The zero-order valence-corrected chi connectivity index (χ0v) is 21.3. The number of halogens is 5. The summed E-state index contributed by atoms with van der Waals surface area (Å²) in [6.45, 7) is 2.27. The molecule has 2 aliphatic rings. The third kappa shape index (κ3) is 6.91. The summed E-state index contributed by atoms with van der Waals surface area (Å²) in [5, 5.41) is 0. The van der Waals surface area contributed by atoms with E-state index in [0.717, 1.165) is 49.1 Å². The molecule has 2 aromatic rings. The lowest BCUT2D eigenvalue weighted by Crippen LogP contribution is -2.26. The van der Waals surface area contributed by atoms with Crippen molar-refractivity contribution in [3.8, 4) is 5.75 Å². The molecule has 0 amide bonds. The van der Waals surface area contributed by atoms with Crippen LogP contribution in [0.25, 0.3) is 0 Å². The van der Waals surface area contributed by atoms with E-state index in [9.17, 15) is 26.7 Å². The van der Waals surface area contributed by atoms with Gasteiger partial charge in [-0.1, -0.05) is 45.4 Å². The van der Waals surface area contributed by atoms with E-state index in [0.29, 0.717) is 30.0 Å². The molecule has 0 unspecified atom stereocenters. The molecule has 202 valence electrons. The van der Waals surface area contributed by atoms with Crippen molar-refractivity contribution in [2.75, 3.05) is 0 Å². The van der Waals surface area contributed by atoms with E-state index < -0.39 is 46.4 Å². The van der Waals surface area contributed by atoms with Gasteiger partial charge in [-0.25, -0.2) is 26.7 Å². The number of ether oxygens (including phenoxy) is 1. The first kappa shape index (κ1) is 27.6. The van der Waals surface area contributed by atoms with Crippen LogP contribution in [-0.4, -0.2) is 5.97 Å². The summed E-state index contributed by atoms with van der Waals surface area (Å²) in [7, 11) is 0. The first-order valence-corrected chi connectivity index (χ1v) is 13.6. The van der Waals surface area contributed by atoms with Gasteiger partial charge in [0.2, 0.25) is 0 Å². The Labute approximate surface area is 215 Å². The van der Waals surface area contributed by atoms with E-state index >= 15 is 0 Å². The van der Waals surface area contributed by atoms with Crippen LogP contribution in [0, 0.1) is 52.8 Å². The molecule has 0 atom stereocenters. The lowest BCUT2D eigenvalue weighted by molar-refractivity contribution is 0.0723. The van der Waals surface area contributed by atoms with E-state index in [1.165, 1.54) is 51.4 Å². The SMILES string of the molecule is CCCC1CCC(C2CCC(CCc3cc(F)c(C(=O)Oc4cc(F)c(F)c(F)c4)c(F)c3)CC2)CC1. The van der Waals surface area contributed by atoms with Gasteiger partial charge in [0.15, 0.2) is 17.5 Å². The van der Waals surface area contributed by atoms with E-state index in [4.69, 9.17) is 0 Å². The summed E-state index contributed by atoms with van der Waals surface area (Å²) in [5.41, 5.74) is -0.509. The van der Waals surface area contributed by atoms with Gasteiger partial charge in [-0.3, -0.25) is 0 Å². The van der Waals surface area contributed by atoms with Gasteiger partial charge in [0.25, 0.3) is 0 Å². The van der Waals surface area contributed by atoms with Crippen molar-refractivity contribution >= 4 is 5.97 Å². The summed E-state index contributed by atoms with van der Waals surface area (Å²) >= 11 is 0. The number of hydrogen-bond acceptors (Lipinski definition) is 2. The molecule has 0 heterocycles. The normalized spacial score (nSPS) is 24.2. The van der Waals surface area contributed by atoms with Gasteiger partial charge in [-0.15, -0.1) is 0 Å². The number of aryl methyl sites for hydroxylation is 1. The standard InChI is InChI=1S/C30H35F5O2/c1-2-3-18-6-10-21(11-7-18)22-12-8-19(9-13-22)4-5-20-14-24(31)28(25(32)15-20)30(36)37-23-16-26(33)29(35)27(34)17-23/h14-19,21-22H,2-13H2,1H3. The quantitative estimate of drug-likeness (QED) is 0.150. The lowest BCUT2D eigenvalue weighted by Gasteiger charge is -2.38. The Balaban J connectivity index is 1.28. The second kappa shape index (κ2) is 12.4. The fourth-order valence-electron chi connectivity index (χ4n) is 6.39. The number of carbonyl (C=O) groups is 1. The third-order valence-corrected chi connectivity index (χ3v) is 8.46. The molecule has 2 nitrogen and oxygen atoms in total. The van der Waals surface area contributed by atoms with Crippen LogP contribution in [0.4, 0.5) is 22.0 Å². The zero-order valence-electron chi connectivity index (χ0n) is 21.3. The van der Waals surface area contributed by atoms with Crippen LogP contribution >= 0.6 is 0 Å². The summed E-state index contributed by atoms with van der Waals surface area (Å²) in [5.74, 6) is -6.13. The maximum absolute atomic E-state index is 14.6. The molecule has 0 N–H and O–H groups in total. The van der Waals surface area contributed by atoms with Crippen molar-refractivity contribution in [3.05, 3.63) is 64.5 Å². The Morgan fingerprint density at radius 2 is 1.22 bits per heavy atom. The van der Waals surface area contributed by atoms with Crippen molar-refractivity contribution in [1.29, 1.82) is 0 Å². The van der Waals surface area contributed by atoms with Crippen molar-refractivity contribution in [2.45, 2.75) is 84.0 Å². The lowest BCUT2D eigenvalue weighted by atomic mass is 9.68. The number of benzene rings is 2. The van der Waals surface area contributed by atoms with Crippen LogP contribution in [0.15, 0.2) is 24.3 Å². The monoisotopic (exact) mass is 522 g/mol. The Hall–Kier alpha value is -2.44. The average molecular weight is 523 g/mol. The van der Waals surface area contributed by atoms with Gasteiger partial charge in [0, 0.05) is 12.1 Å². The molecule has 2 fully saturated rings. The summed E-state index contributed by atoms with van der Waals surface area (Å²) in [6, 6.07) is 3.08. The van der Waals surface area contributed by atoms with Gasteiger partial charge < -0.3 is 4.74 Å². The van der Waals surface area contributed by atoms with Crippen molar-refractivity contribution < 1.29 is 31.5 Å². The smallest absolute Gasteiger partial charge is 0.349 e. The highest BCUT2D eigenvalue weighted by molar-refractivity contribution is 5.91. The zero-order chi connectivity index (χ0) is 26.5. The molecule has 37 heavy (non-hydrogen) atoms. The van der Waals surface area contributed by atoms with Gasteiger partial charge in [-0.2, -0.15) is 0 Å². The van der Waals surface area contributed by atoms with E-state index in [-0.39, 0.29) is 0 Å². The molecule has 4 rings (SSSR count). The molecule has 0 radical (unpaired) electrons. The molecular weight excluding hydrogens is 487 g/mol. The minimum atomic E-state index is -1.73. The first-order valence-electron chi connectivity index (χ1n) is 13.6. The van der Waals surface area contributed by atoms with E-state index in [2.05, 4.69) is 11.7 Å². The minimum absolute atomic E-state index is 0.437. The fraction of sp³-hybridized carbons (Fsp3) is 0.567. The van der Waals surface area contributed by atoms with Crippen molar-refractivity contribution in [2.24, 2.45) is 23.7 Å². The summed E-state index contributed by atoms with van der Waals surface area (Å²) < 4.78 is 73.7. The van der Waals surface area contributed by atoms with E-state index in [1.54, 1.807) is 0 Å². The molecule has 0 saturated heterocycles. The highest BCUT2D eigenvalue weighted by atomic mass is 19.2. The highest BCUT2D eigenvalue weighted by Crippen LogP contribution is 2.43. The van der Waals surface area contributed by atoms with Crippen LogP contribution in [0.3, 0.4) is 0 Å². The molecule has 0 spiro atoms. The largest absolute Gasteiger partial charge is 0.423 e. The van der Waals surface area contributed by atoms with Crippen molar-refractivity contribution in [1.82, 2.24) is 0 Å². The Bertz CT molecular complexity index is 1040. The molecule has 2 aromatic carbocycles. The topological polar surface area (TPSA) is 26.3 Å². The third-order valence-electron chi connectivity index (χ3n) is 8.46. The highest BCUT2D eigenvalue weighted by Gasteiger charge is 2.31. The van der Waals surface area contributed by atoms with E-state index in [1.807, 2.05) is 0 Å². The summed E-state index contributed by atoms with van der Waals surface area (Å²) in [4.78, 5) is 12.3. The van der Waals surface area contributed by atoms with Gasteiger partial charge >= 0.3 is 5.97 Å². The number of hydrogen-bond donors (Lipinski definition) is 0. The second-order valence-corrected chi connectivity index (χ2v) is 10.9. The van der Waals surface area contributed by atoms with Gasteiger partial charge in [-0.05, 0) is 79.9 Å². The first-order chi connectivity index (χ1) is 17.7. The summed E-state index contributed by atoms with van der Waals surface area (Å²) in [6.07, 6.45) is 14.2. The molecule has 2 saturated carbocycles. The predicted molar refractivity (Wildman–Crippen MR) is 132 cm³/mol. The Morgan fingerprint density at radius 1 is 0.730 bits per heavy atom. The van der Waals surface area contributed by atoms with Crippen LogP contribution in [0.2, 0.25) is 0 Å². The molecule has 0 aliphatic heterocycles. The maximum Gasteiger partial charge on any atom is 0.349 e. The predicted octanol–water partition coefficient (Wildman–Crippen LogP) is 8.95. The van der Waals surface area contributed by atoms with Crippen molar-refractivity contribution in [3.63, 3.8) is 0 Å². The van der Waals surface area contributed by atoms with Gasteiger partial charge in [0.05, 0.1) is 0 Å². The fourth-order valence-corrected chi connectivity index (χ4v) is 6.39. The van der Waals surface area contributed by atoms with Crippen LogP contribution in [-0.2, 0) is 6.42 Å². The minimum Gasteiger partial charge on any atom is -0.423 e. The molecule has 0 bridgehead atoms. The molecule has 7 heteroatoms. The Kier molecular flexibility index (Phi) is 9.25. The van der Waals surface area contributed by atoms with Crippen LogP contribution in [0.5, 0.6) is 5.75 Å². The van der Waals surface area contributed by atoms with Crippen LogP contribution in [0.1, 0.15) is 93.5 Å². The molecule has 2 aliphatic carbocycles. The maximum atomic E-state index is 14.6. The molecule has 0 aromatic heterocycles. The average Bonchev–Trinajstić information content (AvgIpc) is 2.86. The number of carbonyl (C=O) groups excluding carboxylic acids is 1.